The highest BCUT2D eigenvalue weighted by Gasteiger charge is 2.15. The van der Waals surface area contributed by atoms with Crippen molar-refractivity contribution in [3.05, 3.63) is 188 Å². The molecule has 0 atom stereocenters. The van der Waals surface area contributed by atoms with E-state index in [0.29, 0.717) is 17.5 Å². The van der Waals surface area contributed by atoms with Crippen molar-refractivity contribution in [3.63, 3.8) is 0 Å². The Morgan fingerprint density at radius 1 is 0.302 bits per heavy atom. The summed E-state index contributed by atoms with van der Waals surface area (Å²) in [5.41, 5.74) is 11.3. The highest BCUT2D eigenvalue weighted by Crippen LogP contribution is 2.37. The van der Waals surface area contributed by atoms with Gasteiger partial charge in [-0.1, -0.05) is 176 Å². The van der Waals surface area contributed by atoms with Crippen LogP contribution in [-0.4, -0.2) is 15.0 Å². The number of hydrogen-bond acceptors (Lipinski definition) is 4. The molecule has 0 aliphatic heterocycles. The van der Waals surface area contributed by atoms with Crippen molar-refractivity contribution < 1.29 is 4.42 Å². The zero-order valence-electron chi connectivity index (χ0n) is 28.6. The summed E-state index contributed by atoms with van der Waals surface area (Å²) in [4.78, 5) is 15.1. The summed E-state index contributed by atoms with van der Waals surface area (Å²) in [5, 5.41) is 4.68. The van der Waals surface area contributed by atoms with Gasteiger partial charge >= 0.3 is 0 Å². The van der Waals surface area contributed by atoms with Crippen LogP contribution in [0.1, 0.15) is 0 Å². The molecule has 0 aliphatic carbocycles. The molecular formula is C49H31N3O. The molecule has 0 fully saturated rings. The van der Waals surface area contributed by atoms with E-state index in [1.54, 1.807) is 0 Å². The lowest BCUT2D eigenvalue weighted by atomic mass is 10.00. The average Bonchev–Trinajstić information content (AvgIpc) is 3.63. The maximum Gasteiger partial charge on any atom is 0.164 e. The standard InChI is InChI=1S/C49H31N3O/c1-2-9-32(10-3-1)34-17-24-37(25-18-34)47-50-48(38-26-19-35(20-27-38)41-30-21-33-11-4-5-12-40(33)31-41)52-49(51-47)39-28-22-36(23-29-39)42-14-8-15-44-43-13-6-7-16-45(43)53-46(42)44/h1-31H. The van der Waals surface area contributed by atoms with Crippen LogP contribution in [0, 0.1) is 0 Å². The maximum atomic E-state index is 6.34. The van der Waals surface area contributed by atoms with Gasteiger partial charge in [-0.3, -0.25) is 0 Å². The van der Waals surface area contributed by atoms with Gasteiger partial charge in [-0.2, -0.15) is 0 Å². The number of aromatic nitrogens is 3. The summed E-state index contributed by atoms with van der Waals surface area (Å²) >= 11 is 0. The van der Waals surface area contributed by atoms with Crippen LogP contribution >= 0.6 is 0 Å². The van der Waals surface area contributed by atoms with Crippen molar-refractivity contribution in [1.82, 2.24) is 15.0 Å². The summed E-state index contributed by atoms with van der Waals surface area (Å²) in [6.45, 7) is 0. The first-order chi connectivity index (χ1) is 26.2. The zero-order valence-corrected chi connectivity index (χ0v) is 28.6. The quantitative estimate of drug-likeness (QED) is 0.176. The fraction of sp³-hybridized carbons (Fsp3) is 0. The van der Waals surface area contributed by atoms with Crippen molar-refractivity contribution in [1.29, 1.82) is 0 Å². The summed E-state index contributed by atoms with van der Waals surface area (Å²) in [6, 6.07) is 65.2. The molecule has 0 amide bonds. The third-order valence-electron chi connectivity index (χ3n) is 9.97. The Morgan fingerprint density at radius 3 is 1.43 bits per heavy atom. The van der Waals surface area contributed by atoms with E-state index in [0.717, 1.165) is 60.9 Å². The van der Waals surface area contributed by atoms with Gasteiger partial charge in [0.1, 0.15) is 11.2 Å². The molecule has 0 bridgehead atoms. The van der Waals surface area contributed by atoms with Crippen LogP contribution in [0.4, 0.5) is 0 Å². The fourth-order valence-electron chi connectivity index (χ4n) is 7.16. The van der Waals surface area contributed by atoms with Gasteiger partial charge in [-0.05, 0) is 50.7 Å². The summed E-state index contributed by atoms with van der Waals surface area (Å²) in [6.07, 6.45) is 0. The van der Waals surface area contributed by atoms with Crippen molar-refractivity contribution in [3.8, 4) is 67.5 Å². The molecule has 53 heavy (non-hydrogen) atoms. The largest absolute Gasteiger partial charge is 0.455 e. The monoisotopic (exact) mass is 677 g/mol. The Kier molecular flexibility index (Phi) is 7.43. The lowest BCUT2D eigenvalue weighted by Gasteiger charge is -2.11. The molecule has 0 spiro atoms. The van der Waals surface area contributed by atoms with E-state index in [1.165, 1.54) is 21.9 Å². The molecule has 2 aromatic heterocycles. The lowest BCUT2D eigenvalue weighted by Crippen LogP contribution is -2.00. The molecule has 0 unspecified atom stereocenters. The second-order valence-electron chi connectivity index (χ2n) is 13.2. The third kappa shape index (κ3) is 5.73. The number of benzene rings is 8. The number of fused-ring (bicyclic) bond motifs is 4. The normalized spacial score (nSPS) is 11.4. The fourth-order valence-corrected chi connectivity index (χ4v) is 7.16. The van der Waals surface area contributed by atoms with E-state index >= 15 is 0 Å². The average molecular weight is 678 g/mol. The van der Waals surface area contributed by atoms with E-state index in [2.05, 4.69) is 164 Å². The Balaban J connectivity index is 1.04. The predicted octanol–water partition coefficient (Wildman–Crippen LogP) is 12.9. The number of para-hydroxylation sites is 2. The molecule has 8 aromatic carbocycles. The third-order valence-corrected chi connectivity index (χ3v) is 9.97. The molecule has 10 aromatic rings. The van der Waals surface area contributed by atoms with Crippen molar-refractivity contribution in [2.75, 3.05) is 0 Å². The van der Waals surface area contributed by atoms with Crippen LogP contribution < -0.4 is 0 Å². The SMILES string of the molecule is c1ccc(-c2ccc(-c3nc(-c4ccc(-c5ccc6ccccc6c5)cc4)nc(-c4ccc(-c5cccc6c5oc5ccccc56)cc4)n3)cc2)cc1. The van der Waals surface area contributed by atoms with Gasteiger partial charge in [0.15, 0.2) is 17.5 Å². The number of rotatable bonds is 6. The van der Waals surface area contributed by atoms with Crippen LogP contribution in [0.5, 0.6) is 0 Å². The van der Waals surface area contributed by atoms with Gasteiger partial charge in [-0.25, -0.2) is 15.0 Å². The van der Waals surface area contributed by atoms with E-state index in [9.17, 15) is 0 Å². The van der Waals surface area contributed by atoms with Crippen LogP contribution in [-0.2, 0) is 0 Å². The van der Waals surface area contributed by atoms with E-state index in [1.807, 2.05) is 24.3 Å². The van der Waals surface area contributed by atoms with E-state index in [4.69, 9.17) is 19.4 Å². The number of hydrogen-bond donors (Lipinski definition) is 0. The van der Waals surface area contributed by atoms with Gasteiger partial charge in [0.25, 0.3) is 0 Å². The lowest BCUT2D eigenvalue weighted by molar-refractivity contribution is 0.670. The predicted molar refractivity (Wildman–Crippen MR) is 217 cm³/mol. The van der Waals surface area contributed by atoms with Crippen LogP contribution in [0.25, 0.3) is 100 Å². The number of nitrogens with zero attached hydrogens (tertiary/aromatic N) is 3. The summed E-state index contributed by atoms with van der Waals surface area (Å²) in [7, 11) is 0. The maximum absolute atomic E-state index is 6.34. The molecule has 10 rings (SSSR count). The highest BCUT2D eigenvalue weighted by molar-refractivity contribution is 6.09. The van der Waals surface area contributed by atoms with Crippen molar-refractivity contribution in [2.45, 2.75) is 0 Å². The second kappa shape index (κ2) is 12.9. The molecule has 2 heterocycles. The minimum absolute atomic E-state index is 0.615. The minimum atomic E-state index is 0.615. The van der Waals surface area contributed by atoms with Crippen LogP contribution in [0.15, 0.2) is 192 Å². The van der Waals surface area contributed by atoms with Gasteiger partial charge < -0.3 is 4.42 Å². The molecule has 0 radical (unpaired) electrons. The molecule has 0 saturated heterocycles. The summed E-state index contributed by atoms with van der Waals surface area (Å²) in [5.74, 6) is 1.86. The second-order valence-corrected chi connectivity index (χ2v) is 13.2. The van der Waals surface area contributed by atoms with Gasteiger partial charge in [0.2, 0.25) is 0 Å². The zero-order chi connectivity index (χ0) is 35.1. The molecule has 4 nitrogen and oxygen atoms in total. The Bertz CT molecular complexity index is 2910. The molecule has 4 heteroatoms. The van der Waals surface area contributed by atoms with Crippen LogP contribution in [0.3, 0.4) is 0 Å². The molecular weight excluding hydrogens is 647 g/mol. The molecule has 0 aliphatic rings. The molecule has 248 valence electrons. The Morgan fingerprint density at radius 2 is 0.774 bits per heavy atom. The minimum Gasteiger partial charge on any atom is -0.455 e. The van der Waals surface area contributed by atoms with Gasteiger partial charge in [0, 0.05) is 33.0 Å². The Hall–Kier alpha value is -7.17. The first kappa shape index (κ1) is 30.6. The van der Waals surface area contributed by atoms with E-state index in [-0.39, 0.29) is 0 Å². The smallest absolute Gasteiger partial charge is 0.164 e. The van der Waals surface area contributed by atoms with Crippen molar-refractivity contribution >= 4 is 32.7 Å². The van der Waals surface area contributed by atoms with Gasteiger partial charge in [-0.15, -0.1) is 0 Å². The first-order valence-corrected chi connectivity index (χ1v) is 17.8. The first-order valence-electron chi connectivity index (χ1n) is 17.8. The molecule has 0 N–H and O–H groups in total. The summed E-state index contributed by atoms with van der Waals surface area (Å²) < 4.78 is 6.34. The molecule has 0 saturated carbocycles. The van der Waals surface area contributed by atoms with Crippen molar-refractivity contribution in [2.24, 2.45) is 0 Å². The van der Waals surface area contributed by atoms with E-state index < -0.39 is 0 Å². The highest BCUT2D eigenvalue weighted by atomic mass is 16.3. The Labute approximate surface area is 306 Å². The van der Waals surface area contributed by atoms with Gasteiger partial charge in [0.05, 0.1) is 0 Å². The number of furan rings is 1. The topological polar surface area (TPSA) is 51.8 Å². The van der Waals surface area contributed by atoms with Crippen LogP contribution in [0.2, 0.25) is 0 Å².